The van der Waals surface area contributed by atoms with E-state index in [1.807, 2.05) is 23.5 Å². The van der Waals surface area contributed by atoms with Gasteiger partial charge in [-0.2, -0.15) is 0 Å². The van der Waals surface area contributed by atoms with E-state index in [4.69, 9.17) is 0 Å². The molecule has 1 fully saturated rings. The number of carbonyl (C=O) groups is 1. The molecule has 38 heavy (non-hydrogen) atoms. The second-order valence-electron chi connectivity index (χ2n) is 10.2. The van der Waals surface area contributed by atoms with Crippen LogP contribution in [0, 0.1) is 5.92 Å². The highest BCUT2D eigenvalue weighted by molar-refractivity contribution is 7.27. The fourth-order valence-corrected chi connectivity index (χ4v) is 10.2. The van der Waals surface area contributed by atoms with Gasteiger partial charge >= 0.3 is 0 Å². The molecule has 6 heteroatoms. The summed E-state index contributed by atoms with van der Waals surface area (Å²) in [5, 5.41) is 0. The number of hydrogen-bond acceptors (Lipinski definition) is 5. The number of rotatable bonds is 6. The number of hydrogen-bond donors (Lipinski definition) is 0. The van der Waals surface area contributed by atoms with Gasteiger partial charge in [-0.25, -0.2) is 0 Å². The number of thiophene rings is 3. The summed E-state index contributed by atoms with van der Waals surface area (Å²) in [4.78, 5) is 20.7. The van der Waals surface area contributed by atoms with E-state index >= 15 is 0 Å². The number of nitrogens with zero attached hydrogens (tertiary/aromatic N) is 1. The first-order valence-corrected chi connectivity index (χ1v) is 16.3. The Hall–Kier alpha value is -2.56. The van der Waals surface area contributed by atoms with Gasteiger partial charge in [0.1, 0.15) is 0 Å². The van der Waals surface area contributed by atoms with Crippen LogP contribution in [0.4, 0.5) is 11.4 Å². The van der Waals surface area contributed by atoms with Crippen LogP contribution in [0.3, 0.4) is 0 Å². The molecule has 5 aromatic rings. The minimum Gasteiger partial charge on any atom is -0.337 e. The highest BCUT2D eigenvalue weighted by atomic mass is 32.1. The zero-order valence-corrected chi connectivity index (χ0v) is 24.6. The Morgan fingerprint density at radius 2 is 1.45 bits per heavy atom. The number of aldehydes is 1. The molecule has 4 heterocycles. The van der Waals surface area contributed by atoms with Crippen LogP contribution >= 0.6 is 43.3 Å². The van der Waals surface area contributed by atoms with Crippen LogP contribution < -0.4 is 4.90 Å². The van der Waals surface area contributed by atoms with Crippen molar-refractivity contribution >= 4 is 60.9 Å². The zero-order valence-electron chi connectivity index (χ0n) is 21.0. The molecule has 0 N–H and O–H groups in total. The van der Waals surface area contributed by atoms with Gasteiger partial charge in [0.25, 0.3) is 0 Å². The predicted octanol–water partition coefficient (Wildman–Crippen LogP) is 9.96. The van der Waals surface area contributed by atoms with Crippen molar-refractivity contribution in [3.05, 3.63) is 95.4 Å². The van der Waals surface area contributed by atoms with Crippen LogP contribution in [0.1, 0.15) is 40.9 Å². The van der Waals surface area contributed by atoms with E-state index in [0.29, 0.717) is 23.5 Å². The third kappa shape index (κ3) is 4.03. The highest BCUT2D eigenvalue weighted by Crippen LogP contribution is 2.57. The van der Waals surface area contributed by atoms with Gasteiger partial charge in [-0.15, -0.1) is 43.3 Å². The molecule has 5 unspecified atom stereocenters. The summed E-state index contributed by atoms with van der Waals surface area (Å²) >= 11 is 5.19. The number of para-hydroxylation sites is 1. The van der Waals surface area contributed by atoms with Crippen molar-refractivity contribution in [1.82, 2.24) is 0 Å². The molecule has 2 aromatic carbocycles. The lowest BCUT2D eigenvalue weighted by molar-refractivity contribution is 0.112. The average Bonchev–Trinajstić information content (AvgIpc) is 3.77. The van der Waals surface area contributed by atoms with Crippen molar-refractivity contribution in [2.45, 2.75) is 37.4 Å². The molecular weight excluding hydrogens is 542 g/mol. The van der Waals surface area contributed by atoms with Crippen molar-refractivity contribution in [3.8, 4) is 29.9 Å². The molecule has 0 amide bonds. The maximum Gasteiger partial charge on any atom is 0.160 e. The smallest absolute Gasteiger partial charge is 0.160 e. The quantitative estimate of drug-likeness (QED) is 0.150. The molecule has 2 nitrogen and oxygen atoms in total. The van der Waals surface area contributed by atoms with Crippen LogP contribution in [0.5, 0.6) is 0 Å². The molecule has 3 aromatic heterocycles. The molecule has 2 aliphatic rings. The van der Waals surface area contributed by atoms with E-state index in [1.54, 1.807) is 22.7 Å². The van der Waals surface area contributed by atoms with Crippen LogP contribution in [0.15, 0.2) is 84.9 Å². The van der Waals surface area contributed by atoms with E-state index in [2.05, 4.69) is 93.9 Å². The summed E-state index contributed by atoms with van der Waals surface area (Å²) in [7, 11) is 3.16. The molecule has 7 rings (SSSR count). The Morgan fingerprint density at radius 3 is 2.13 bits per heavy atom. The van der Waals surface area contributed by atoms with Gasteiger partial charge in [-0.3, -0.25) is 4.79 Å². The SMILES string of the molecule is CCC1CC(P)C2c3ccccc3N(c3ccc(-c4ccc(-c5ccc(-c6ccc(C=O)s6)s5)s4)cc3)C12. The number of benzene rings is 2. The summed E-state index contributed by atoms with van der Waals surface area (Å²) in [5.41, 5.74) is 6.11. The Kier molecular flexibility index (Phi) is 6.36. The molecule has 0 saturated heterocycles. The first-order chi connectivity index (χ1) is 18.6. The molecule has 190 valence electrons. The van der Waals surface area contributed by atoms with Gasteiger partial charge < -0.3 is 4.90 Å². The summed E-state index contributed by atoms with van der Waals surface area (Å²) in [5.74, 6) is 1.31. The Balaban J connectivity index is 1.16. The summed E-state index contributed by atoms with van der Waals surface area (Å²) in [6, 6.07) is 31.6. The van der Waals surface area contributed by atoms with E-state index < -0.39 is 0 Å². The van der Waals surface area contributed by atoms with Gasteiger partial charge in [0.2, 0.25) is 0 Å². The van der Waals surface area contributed by atoms with Crippen LogP contribution in [0.2, 0.25) is 0 Å². The molecule has 1 aliphatic carbocycles. The van der Waals surface area contributed by atoms with Crippen LogP contribution in [0.25, 0.3) is 29.9 Å². The van der Waals surface area contributed by atoms with E-state index in [1.165, 1.54) is 54.9 Å². The van der Waals surface area contributed by atoms with Crippen LogP contribution in [-0.2, 0) is 0 Å². The standard InChI is InChI=1S/C32H28NOPS3/c1-2-19-17-25(35)31-23-5-3-4-6-24(23)33(32(19)31)21-9-7-20(8-10-21)26-13-14-29(37-26)30-16-15-28(38-30)27-12-11-22(18-34)36-27/h3-16,18-19,25,31-32H,2,17,35H2,1H3. The lowest BCUT2D eigenvalue weighted by atomic mass is 9.93. The second kappa shape index (κ2) is 9.88. The fourth-order valence-electron chi connectivity index (χ4n) is 6.40. The van der Waals surface area contributed by atoms with Gasteiger partial charge in [0.15, 0.2) is 6.29 Å². The third-order valence-electron chi connectivity index (χ3n) is 8.14. The average molecular weight is 570 g/mol. The zero-order chi connectivity index (χ0) is 25.8. The van der Waals surface area contributed by atoms with Crippen molar-refractivity contribution in [1.29, 1.82) is 0 Å². The van der Waals surface area contributed by atoms with Crippen molar-refractivity contribution in [2.24, 2.45) is 5.92 Å². The Labute approximate surface area is 238 Å². The van der Waals surface area contributed by atoms with E-state index in [0.717, 1.165) is 16.0 Å². The summed E-state index contributed by atoms with van der Waals surface area (Å²) in [6.45, 7) is 2.35. The maximum atomic E-state index is 11.1. The van der Waals surface area contributed by atoms with Gasteiger partial charge in [0.05, 0.1) is 4.88 Å². The van der Waals surface area contributed by atoms with Crippen molar-refractivity contribution < 1.29 is 4.79 Å². The Morgan fingerprint density at radius 1 is 0.816 bits per heavy atom. The van der Waals surface area contributed by atoms with E-state index in [9.17, 15) is 4.79 Å². The van der Waals surface area contributed by atoms with Crippen molar-refractivity contribution in [2.75, 3.05) is 4.90 Å². The molecule has 1 aliphatic heterocycles. The first kappa shape index (κ1) is 24.5. The lowest BCUT2D eigenvalue weighted by Crippen LogP contribution is -2.33. The van der Waals surface area contributed by atoms with Crippen LogP contribution in [-0.4, -0.2) is 18.0 Å². The predicted molar refractivity (Wildman–Crippen MR) is 169 cm³/mol. The first-order valence-electron chi connectivity index (χ1n) is 13.1. The molecule has 1 saturated carbocycles. The highest BCUT2D eigenvalue weighted by Gasteiger charge is 2.50. The monoisotopic (exact) mass is 569 g/mol. The van der Waals surface area contributed by atoms with Gasteiger partial charge in [0, 0.05) is 47.7 Å². The normalized spacial score (nSPS) is 22.0. The topological polar surface area (TPSA) is 20.3 Å². The minimum absolute atomic E-state index is 0.540. The summed E-state index contributed by atoms with van der Waals surface area (Å²) in [6.07, 6.45) is 3.43. The fraction of sp³-hybridized carbons (Fsp3) is 0.219. The largest absolute Gasteiger partial charge is 0.337 e. The number of anilines is 2. The van der Waals surface area contributed by atoms with Gasteiger partial charge in [-0.05, 0) is 83.7 Å². The molecule has 0 bridgehead atoms. The van der Waals surface area contributed by atoms with Crippen molar-refractivity contribution in [3.63, 3.8) is 0 Å². The lowest BCUT2D eigenvalue weighted by Gasteiger charge is -2.31. The molecule has 0 spiro atoms. The Bertz CT molecular complexity index is 1610. The van der Waals surface area contributed by atoms with Gasteiger partial charge in [-0.1, -0.05) is 43.7 Å². The molecular formula is C32H28NOPS3. The number of fused-ring (bicyclic) bond motifs is 3. The number of carbonyl (C=O) groups excluding carboxylic acids is 1. The molecule has 5 atom stereocenters. The maximum absolute atomic E-state index is 11.1. The third-order valence-corrected chi connectivity index (χ3v) is 12.4. The summed E-state index contributed by atoms with van der Waals surface area (Å²) < 4.78 is 0. The minimum atomic E-state index is 0.540. The van der Waals surface area contributed by atoms with E-state index in [-0.39, 0.29) is 0 Å². The molecule has 0 radical (unpaired) electrons. The second-order valence-corrected chi connectivity index (χ2v) is 14.3.